The summed E-state index contributed by atoms with van der Waals surface area (Å²) in [5.74, 6) is 0.418. The molecule has 1 aromatic carbocycles. The van der Waals surface area contributed by atoms with Gasteiger partial charge in [-0.1, -0.05) is 6.58 Å². The molecule has 0 saturated carbocycles. The van der Waals surface area contributed by atoms with Crippen molar-refractivity contribution in [1.82, 2.24) is 5.32 Å². The average molecular weight is 262 g/mol. The minimum absolute atomic E-state index is 0.148. The number of nitrogens with one attached hydrogen (secondary N) is 1. The minimum Gasteiger partial charge on any atom is -0.487 e. The fraction of sp³-hybridized carbons (Fsp3) is 0.400. The molecule has 0 aliphatic rings. The van der Waals surface area contributed by atoms with Gasteiger partial charge in [-0.2, -0.15) is 0 Å². The summed E-state index contributed by atoms with van der Waals surface area (Å²) in [5.41, 5.74) is 7.48. The molecule has 19 heavy (non-hydrogen) atoms. The molecule has 1 rings (SSSR count). The lowest BCUT2D eigenvalue weighted by atomic mass is 10.1. The predicted octanol–water partition coefficient (Wildman–Crippen LogP) is 2.75. The molecule has 0 spiro atoms. The van der Waals surface area contributed by atoms with Crippen molar-refractivity contribution in [3.63, 3.8) is 0 Å². The van der Waals surface area contributed by atoms with E-state index in [1.54, 1.807) is 18.2 Å². The molecule has 1 aromatic rings. The Morgan fingerprint density at radius 2 is 2.05 bits per heavy atom. The molecule has 0 aromatic heterocycles. The van der Waals surface area contributed by atoms with Gasteiger partial charge in [-0.3, -0.25) is 4.79 Å². The van der Waals surface area contributed by atoms with Gasteiger partial charge in [0.1, 0.15) is 12.4 Å². The monoisotopic (exact) mass is 262 g/mol. The van der Waals surface area contributed by atoms with E-state index in [1.165, 1.54) is 0 Å². The van der Waals surface area contributed by atoms with Crippen LogP contribution < -0.4 is 15.8 Å². The van der Waals surface area contributed by atoms with Crippen molar-refractivity contribution in [2.75, 3.05) is 12.3 Å². The van der Waals surface area contributed by atoms with Crippen LogP contribution in [0.15, 0.2) is 30.4 Å². The second-order valence-corrected chi connectivity index (χ2v) is 5.70. The lowest BCUT2D eigenvalue weighted by Gasteiger charge is -2.20. The summed E-state index contributed by atoms with van der Waals surface area (Å²) in [7, 11) is 0. The van der Waals surface area contributed by atoms with Gasteiger partial charge in [0.25, 0.3) is 5.91 Å². The van der Waals surface area contributed by atoms with Gasteiger partial charge in [-0.25, -0.2) is 0 Å². The van der Waals surface area contributed by atoms with Crippen molar-refractivity contribution < 1.29 is 9.53 Å². The van der Waals surface area contributed by atoms with Crippen LogP contribution in [0.2, 0.25) is 0 Å². The first kappa shape index (κ1) is 15.1. The highest BCUT2D eigenvalue weighted by Gasteiger charge is 2.16. The molecule has 0 saturated heterocycles. The van der Waals surface area contributed by atoms with Crippen LogP contribution in [-0.2, 0) is 0 Å². The molecule has 0 atom stereocenters. The Labute approximate surface area is 114 Å². The molecule has 0 aliphatic carbocycles. The van der Waals surface area contributed by atoms with Crippen LogP contribution in [0.5, 0.6) is 5.75 Å². The number of benzene rings is 1. The van der Waals surface area contributed by atoms with Crippen molar-refractivity contribution in [3.05, 3.63) is 35.9 Å². The smallest absolute Gasteiger partial charge is 0.251 e. The quantitative estimate of drug-likeness (QED) is 0.647. The van der Waals surface area contributed by atoms with Crippen molar-refractivity contribution in [2.45, 2.75) is 33.2 Å². The molecular weight excluding hydrogens is 240 g/mol. The summed E-state index contributed by atoms with van der Waals surface area (Å²) in [6, 6.07) is 5.02. The molecule has 0 radical (unpaired) electrons. The molecule has 0 bridgehead atoms. The number of anilines is 1. The van der Waals surface area contributed by atoms with E-state index in [9.17, 15) is 4.79 Å². The topological polar surface area (TPSA) is 64.3 Å². The molecule has 0 aliphatic heterocycles. The van der Waals surface area contributed by atoms with E-state index < -0.39 is 0 Å². The number of nitrogen functional groups attached to an aromatic ring is 1. The zero-order valence-electron chi connectivity index (χ0n) is 12.0. The predicted molar refractivity (Wildman–Crippen MR) is 78.4 cm³/mol. The van der Waals surface area contributed by atoms with Gasteiger partial charge in [0.05, 0.1) is 5.69 Å². The highest BCUT2D eigenvalue weighted by Crippen LogP contribution is 2.23. The summed E-state index contributed by atoms with van der Waals surface area (Å²) in [4.78, 5) is 12.0. The van der Waals surface area contributed by atoms with Crippen molar-refractivity contribution in [3.8, 4) is 5.75 Å². The fourth-order valence-electron chi connectivity index (χ4n) is 1.43. The molecule has 0 fully saturated rings. The largest absolute Gasteiger partial charge is 0.487 e. The minimum atomic E-state index is -0.277. The third-order valence-corrected chi connectivity index (χ3v) is 2.23. The first-order chi connectivity index (χ1) is 8.69. The van der Waals surface area contributed by atoms with Crippen molar-refractivity contribution >= 4 is 11.6 Å². The van der Waals surface area contributed by atoms with E-state index in [2.05, 4.69) is 11.9 Å². The lowest BCUT2D eigenvalue weighted by molar-refractivity contribution is 0.0919. The summed E-state index contributed by atoms with van der Waals surface area (Å²) < 4.78 is 5.48. The second kappa shape index (κ2) is 5.78. The maximum Gasteiger partial charge on any atom is 0.251 e. The second-order valence-electron chi connectivity index (χ2n) is 5.70. The summed E-state index contributed by atoms with van der Waals surface area (Å²) in [6.07, 6.45) is 0. The Morgan fingerprint density at radius 1 is 1.42 bits per heavy atom. The van der Waals surface area contributed by atoms with E-state index in [1.807, 2.05) is 27.7 Å². The standard InChI is InChI=1S/C15H22N2O2/c1-10(2)9-19-13-7-6-11(8-12(13)16)14(18)17-15(3,4)5/h6-8H,1,9,16H2,2-5H3,(H,17,18). The van der Waals surface area contributed by atoms with E-state index in [4.69, 9.17) is 10.5 Å². The maximum atomic E-state index is 12.0. The Morgan fingerprint density at radius 3 is 2.53 bits per heavy atom. The third kappa shape index (κ3) is 5.04. The Bertz CT molecular complexity index is 487. The number of hydrogen-bond acceptors (Lipinski definition) is 3. The number of carbonyl (C=O) groups excluding carboxylic acids is 1. The zero-order valence-corrected chi connectivity index (χ0v) is 12.0. The highest BCUT2D eigenvalue weighted by molar-refractivity contribution is 5.95. The van der Waals surface area contributed by atoms with E-state index in [0.29, 0.717) is 23.6 Å². The number of nitrogens with two attached hydrogens (primary N) is 1. The molecule has 1 amide bonds. The summed E-state index contributed by atoms with van der Waals surface area (Å²) >= 11 is 0. The number of hydrogen-bond donors (Lipinski definition) is 2. The van der Waals surface area contributed by atoms with E-state index in [0.717, 1.165) is 5.57 Å². The number of rotatable bonds is 4. The van der Waals surface area contributed by atoms with Crippen LogP contribution in [0.25, 0.3) is 0 Å². The van der Waals surface area contributed by atoms with Crippen molar-refractivity contribution in [2.24, 2.45) is 0 Å². The molecule has 0 unspecified atom stereocenters. The molecule has 104 valence electrons. The zero-order chi connectivity index (χ0) is 14.6. The van der Waals surface area contributed by atoms with Gasteiger partial charge in [-0.15, -0.1) is 0 Å². The Balaban J connectivity index is 2.81. The van der Waals surface area contributed by atoms with E-state index >= 15 is 0 Å². The molecule has 0 heterocycles. The van der Waals surface area contributed by atoms with Gasteiger partial charge in [0, 0.05) is 11.1 Å². The SMILES string of the molecule is C=C(C)COc1ccc(C(=O)NC(C)(C)C)cc1N. The van der Waals surface area contributed by atoms with Crippen LogP contribution in [0.4, 0.5) is 5.69 Å². The van der Waals surface area contributed by atoms with Gasteiger partial charge < -0.3 is 15.8 Å². The fourth-order valence-corrected chi connectivity index (χ4v) is 1.43. The van der Waals surface area contributed by atoms with Gasteiger partial charge in [0.2, 0.25) is 0 Å². The highest BCUT2D eigenvalue weighted by atomic mass is 16.5. The third-order valence-electron chi connectivity index (χ3n) is 2.23. The van der Waals surface area contributed by atoms with Crippen molar-refractivity contribution in [1.29, 1.82) is 0 Å². The average Bonchev–Trinajstić information content (AvgIpc) is 2.24. The van der Waals surface area contributed by atoms with E-state index in [-0.39, 0.29) is 11.4 Å². The molecule has 4 nitrogen and oxygen atoms in total. The van der Waals surface area contributed by atoms with Crippen LogP contribution in [0.1, 0.15) is 38.1 Å². The van der Waals surface area contributed by atoms with Gasteiger partial charge in [-0.05, 0) is 51.5 Å². The van der Waals surface area contributed by atoms with Gasteiger partial charge in [0.15, 0.2) is 0 Å². The first-order valence-corrected chi connectivity index (χ1v) is 6.18. The lowest BCUT2D eigenvalue weighted by Crippen LogP contribution is -2.40. The first-order valence-electron chi connectivity index (χ1n) is 6.18. The van der Waals surface area contributed by atoms with Crippen LogP contribution in [0, 0.1) is 0 Å². The molecule has 4 heteroatoms. The molecule has 3 N–H and O–H groups in total. The number of carbonyl (C=O) groups is 1. The van der Waals surface area contributed by atoms with Crippen LogP contribution in [-0.4, -0.2) is 18.1 Å². The summed E-state index contributed by atoms with van der Waals surface area (Å²) in [6.45, 7) is 11.8. The van der Waals surface area contributed by atoms with Crippen LogP contribution in [0.3, 0.4) is 0 Å². The number of ether oxygens (including phenoxy) is 1. The Kier molecular flexibility index (Phi) is 4.59. The molecular formula is C15H22N2O2. The summed E-state index contributed by atoms with van der Waals surface area (Å²) in [5, 5.41) is 2.88. The van der Waals surface area contributed by atoms with Crippen LogP contribution >= 0.6 is 0 Å². The number of amides is 1. The Hall–Kier alpha value is -1.97. The van der Waals surface area contributed by atoms with Gasteiger partial charge >= 0.3 is 0 Å². The maximum absolute atomic E-state index is 12.0. The normalized spacial score (nSPS) is 10.9.